The molecule has 10 nitrogen and oxygen atoms in total. The van der Waals surface area contributed by atoms with E-state index in [9.17, 15) is 13.2 Å². The molecule has 1 aromatic heterocycles. The molecule has 0 bridgehead atoms. The van der Waals surface area contributed by atoms with Crippen LogP contribution in [0.25, 0.3) is 11.0 Å². The van der Waals surface area contributed by atoms with Gasteiger partial charge in [-0.15, -0.1) is 0 Å². The molecule has 2 N–H and O–H groups in total. The number of methoxy groups -OCH3 is 2. The van der Waals surface area contributed by atoms with Crippen LogP contribution in [-0.2, 0) is 15.7 Å². The second-order valence-corrected chi connectivity index (χ2v) is 8.27. The Morgan fingerprint density at radius 2 is 1.51 bits per heavy atom. The summed E-state index contributed by atoms with van der Waals surface area (Å²) in [7, 11) is -0.118. The van der Waals surface area contributed by atoms with E-state index in [-0.39, 0.29) is 23.2 Å². The van der Waals surface area contributed by atoms with Crippen molar-refractivity contribution in [3.05, 3.63) is 66.7 Å². The topological polar surface area (TPSA) is 123 Å². The molecule has 0 aliphatic heterocycles. The van der Waals surface area contributed by atoms with Crippen LogP contribution in [0.2, 0.25) is 0 Å². The number of thiol groups is 1. The normalized spacial score (nSPS) is 10.7. The molecule has 1 amide bonds. The van der Waals surface area contributed by atoms with Gasteiger partial charge in [0.05, 0.1) is 30.9 Å². The third-order valence-electron chi connectivity index (χ3n) is 4.94. The van der Waals surface area contributed by atoms with Crippen LogP contribution in [0.1, 0.15) is 6.92 Å². The number of carbonyl (C=O) groups excluding carboxylic acids is 1. The van der Waals surface area contributed by atoms with Gasteiger partial charge in [-0.05, 0) is 30.3 Å². The van der Waals surface area contributed by atoms with E-state index in [1.807, 2.05) is 6.07 Å². The summed E-state index contributed by atoms with van der Waals surface area (Å²) in [5.74, 6) is 1.05. The van der Waals surface area contributed by atoms with E-state index < -0.39 is 10.9 Å². The Morgan fingerprint density at radius 1 is 0.857 bits per heavy atom. The van der Waals surface area contributed by atoms with Gasteiger partial charge < -0.3 is 20.1 Å². The average molecular weight is 494 g/mol. The van der Waals surface area contributed by atoms with E-state index in [0.29, 0.717) is 33.9 Å². The minimum atomic E-state index is -3.19. The molecule has 4 aromatic rings. The molecule has 0 spiro atoms. The van der Waals surface area contributed by atoms with Gasteiger partial charge in [0.15, 0.2) is 11.6 Å². The molecular weight excluding hydrogens is 470 g/mol. The molecule has 0 fully saturated rings. The van der Waals surface area contributed by atoms with E-state index >= 15 is 0 Å². The van der Waals surface area contributed by atoms with Crippen LogP contribution in [0, 0.1) is 0 Å². The number of benzene rings is 3. The third kappa shape index (κ3) is 5.41. The number of nitrogens with zero attached hydrogens (tertiary/aromatic N) is 3. The van der Waals surface area contributed by atoms with Crippen LogP contribution in [0.3, 0.4) is 0 Å². The van der Waals surface area contributed by atoms with Gasteiger partial charge in [-0.1, -0.05) is 18.2 Å². The van der Waals surface area contributed by atoms with Gasteiger partial charge in [-0.25, -0.2) is 22.7 Å². The SMILES string of the molecule is COc1cc(Nc2nc3ccccc3nc2N(c2cccc(NC(C)=O)c2)[SH](=O)=O)cc(OC)c1. The number of fused-ring (bicyclic) bond motifs is 1. The minimum Gasteiger partial charge on any atom is -0.497 e. The molecule has 35 heavy (non-hydrogen) atoms. The van der Waals surface area contributed by atoms with Crippen LogP contribution in [0.4, 0.5) is 28.7 Å². The molecule has 0 radical (unpaired) electrons. The molecule has 1 heterocycles. The lowest BCUT2D eigenvalue weighted by Crippen LogP contribution is -2.18. The first-order chi connectivity index (χ1) is 16.9. The second-order valence-electron chi connectivity index (χ2n) is 7.39. The van der Waals surface area contributed by atoms with Gasteiger partial charge >= 0.3 is 0 Å². The van der Waals surface area contributed by atoms with E-state index in [1.165, 1.54) is 21.1 Å². The third-order valence-corrected chi connectivity index (χ3v) is 5.69. The number of carbonyl (C=O) groups is 1. The summed E-state index contributed by atoms with van der Waals surface area (Å²) >= 11 is 0. The quantitative estimate of drug-likeness (QED) is 0.315. The smallest absolute Gasteiger partial charge is 0.230 e. The van der Waals surface area contributed by atoms with Crippen LogP contribution in [0.15, 0.2) is 66.7 Å². The Bertz CT molecular complexity index is 1440. The van der Waals surface area contributed by atoms with E-state index in [4.69, 9.17) is 9.47 Å². The first kappa shape index (κ1) is 23.8. The van der Waals surface area contributed by atoms with E-state index in [2.05, 4.69) is 20.6 Å². The maximum absolute atomic E-state index is 12.5. The van der Waals surface area contributed by atoms with Crippen LogP contribution in [-0.4, -0.2) is 38.5 Å². The summed E-state index contributed by atoms with van der Waals surface area (Å²) in [6.45, 7) is 1.37. The lowest BCUT2D eigenvalue weighted by molar-refractivity contribution is -0.114. The van der Waals surface area contributed by atoms with E-state index in [0.717, 1.165) is 4.31 Å². The fourth-order valence-corrected chi connectivity index (χ4v) is 4.06. The summed E-state index contributed by atoms with van der Waals surface area (Å²) in [5, 5.41) is 5.81. The molecule has 0 aliphatic rings. The summed E-state index contributed by atoms with van der Waals surface area (Å²) in [6, 6.07) is 18.7. The van der Waals surface area contributed by atoms with Crippen molar-refractivity contribution in [2.24, 2.45) is 0 Å². The summed E-state index contributed by atoms with van der Waals surface area (Å²) in [6.07, 6.45) is 0. The standard InChI is InChI=1S/C24H23N5O5S/c1-15(30)25-16-7-6-8-18(11-16)29(35(31)32)24-23(27-21-9-4-5-10-22(21)28-24)26-17-12-19(33-2)14-20(13-17)34-3/h4-14,35H,1-3H3,(H,25,30)(H,26,27). The zero-order chi connectivity index (χ0) is 24.9. The summed E-state index contributed by atoms with van der Waals surface area (Å²) in [4.78, 5) is 20.8. The number of hydrogen-bond donors (Lipinski definition) is 3. The molecule has 0 unspecified atom stereocenters. The van der Waals surface area contributed by atoms with Gasteiger partial charge in [0.1, 0.15) is 11.5 Å². The highest BCUT2D eigenvalue weighted by Crippen LogP contribution is 2.35. The second kappa shape index (κ2) is 10.3. The lowest BCUT2D eigenvalue weighted by atomic mass is 10.2. The number of rotatable bonds is 8. The van der Waals surface area contributed by atoms with Gasteiger partial charge in [0, 0.05) is 36.5 Å². The number of ether oxygens (including phenoxy) is 2. The van der Waals surface area contributed by atoms with Crippen LogP contribution >= 0.6 is 0 Å². The van der Waals surface area contributed by atoms with Crippen molar-refractivity contribution in [1.82, 2.24) is 9.97 Å². The van der Waals surface area contributed by atoms with Crippen molar-refractivity contribution < 1.29 is 22.7 Å². The molecule has 11 heteroatoms. The highest BCUT2D eigenvalue weighted by molar-refractivity contribution is 7.74. The van der Waals surface area contributed by atoms with Gasteiger partial charge in [0.25, 0.3) is 0 Å². The zero-order valence-electron chi connectivity index (χ0n) is 19.2. The predicted octanol–water partition coefficient (Wildman–Crippen LogP) is 4.01. The van der Waals surface area contributed by atoms with Crippen molar-refractivity contribution in [3.63, 3.8) is 0 Å². The average Bonchev–Trinajstić information content (AvgIpc) is 2.83. The molecule has 0 atom stereocenters. The largest absolute Gasteiger partial charge is 0.497 e. The number of nitrogens with one attached hydrogen (secondary N) is 2. The lowest BCUT2D eigenvalue weighted by Gasteiger charge is -2.21. The summed E-state index contributed by atoms with van der Waals surface area (Å²) < 4.78 is 36.7. The number of amides is 1. The van der Waals surface area contributed by atoms with Crippen molar-refractivity contribution in [1.29, 1.82) is 0 Å². The van der Waals surface area contributed by atoms with Crippen molar-refractivity contribution >= 4 is 56.5 Å². The minimum absolute atomic E-state index is 0.0570. The number of para-hydroxylation sites is 2. The molecule has 0 saturated carbocycles. The maximum Gasteiger partial charge on any atom is 0.230 e. The maximum atomic E-state index is 12.5. The monoisotopic (exact) mass is 493 g/mol. The van der Waals surface area contributed by atoms with Gasteiger partial charge in [-0.3, -0.25) is 4.79 Å². The zero-order valence-corrected chi connectivity index (χ0v) is 20.1. The summed E-state index contributed by atoms with van der Waals surface area (Å²) in [5.41, 5.74) is 2.36. The van der Waals surface area contributed by atoms with Crippen molar-refractivity contribution in [2.45, 2.75) is 6.92 Å². The molecule has 3 aromatic carbocycles. The number of aromatic nitrogens is 2. The number of hydrogen-bond acceptors (Lipinski definition) is 8. The Kier molecular flexibility index (Phi) is 6.97. The predicted molar refractivity (Wildman–Crippen MR) is 136 cm³/mol. The van der Waals surface area contributed by atoms with Gasteiger partial charge in [-0.2, -0.15) is 0 Å². The van der Waals surface area contributed by atoms with E-state index in [1.54, 1.807) is 60.7 Å². The fourth-order valence-electron chi connectivity index (χ4n) is 3.45. The highest BCUT2D eigenvalue weighted by Gasteiger charge is 2.21. The fraction of sp³-hybridized carbons (Fsp3) is 0.125. The molecule has 180 valence electrons. The van der Waals surface area contributed by atoms with Crippen LogP contribution in [0.5, 0.6) is 11.5 Å². The highest BCUT2D eigenvalue weighted by atomic mass is 32.2. The Hall–Kier alpha value is -4.38. The first-order valence-electron chi connectivity index (χ1n) is 10.5. The molecular formula is C24H23N5O5S. The Labute approximate surface area is 203 Å². The molecule has 0 aliphatic carbocycles. The first-order valence-corrected chi connectivity index (χ1v) is 11.6. The van der Waals surface area contributed by atoms with Crippen molar-refractivity contribution in [2.75, 3.05) is 29.2 Å². The van der Waals surface area contributed by atoms with Crippen LogP contribution < -0.4 is 24.4 Å². The van der Waals surface area contributed by atoms with Gasteiger partial charge in [0.2, 0.25) is 16.8 Å². The molecule has 0 saturated heterocycles. The van der Waals surface area contributed by atoms with Crippen molar-refractivity contribution in [3.8, 4) is 11.5 Å². The molecule has 4 rings (SSSR count). The Balaban J connectivity index is 1.88. The number of anilines is 5. The Morgan fingerprint density at radius 3 is 2.11 bits per heavy atom.